The van der Waals surface area contributed by atoms with Gasteiger partial charge in [-0.1, -0.05) is 24.3 Å². The van der Waals surface area contributed by atoms with E-state index in [0.29, 0.717) is 36.1 Å². The van der Waals surface area contributed by atoms with Crippen molar-refractivity contribution in [1.82, 2.24) is 5.32 Å². The second-order valence-electron chi connectivity index (χ2n) is 8.88. The van der Waals surface area contributed by atoms with Gasteiger partial charge in [-0.3, -0.25) is 0 Å². The Morgan fingerprint density at radius 3 is 1.97 bits per heavy atom. The van der Waals surface area contributed by atoms with Crippen LogP contribution < -0.4 is 5.32 Å². The van der Waals surface area contributed by atoms with Crippen LogP contribution in [0.4, 0.5) is 4.79 Å². The number of hydrogen-bond donors (Lipinski definition) is 1. The predicted octanol–water partition coefficient (Wildman–Crippen LogP) is 4.83. The molecule has 1 N–H and O–H groups in total. The van der Waals surface area contributed by atoms with Crippen LogP contribution >= 0.6 is 0 Å². The molecule has 2 aromatic rings. The molecule has 0 radical (unpaired) electrons. The van der Waals surface area contributed by atoms with Crippen molar-refractivity contribution < 1.29 is 17.9 Å². The van der Waals surface area contributed by atoms with E-state index in [-0.39, 0.29) is 6.04 Å². The molecule has 1 fully saturated rings. The van der Waals surface area contributed by atoms with Crippen molar-refractivity contribution in [3.05, 3.63) is 54.1 Å². The van der Waals surface area contributed by atoms with E-state index in [0.717, 1.165) is 11.1 Å². The smallest absolute Gasteiger partial charge is 0.407 e. The molecule has 0 heterocycles. The van der Waals surface area contributed by atoms with Crippen molar-refractivity contribution in [1.29, 1.82) is 5.26 Å². The molecule has 1 aliphatic rings. The number of nitriles is 1. The number of alkyl carbamates (subject to hydrolysis) is 1. The highest BCUT2D eigenvalue weighted by molar-refractivity contribution is 7.92. The third kappa shape index (κ3) is 5.86. The van der Waals surface area contributed by atoms with E-state index in [1.807, 2.05) is 32.9 Å². The molecule has 1 aliphatic carbocycles. The Morgan fingerprint density at radius 2 is 1.48 bits per heavy atom. The Bertz CT molecular complexity index is 1050. The number of ether oxygens (including phenoxy) is 1. The molecule has 7 heteroatoms. The summed E-state index contributed by atoms with van der Waals surface area (Å²) in [5.74, 6) is 0. The van der Waals surface area contributed by atoms with Crippen molar-refractivity contribution in [3.63, 3.8) is 0 Å². The van der Waals surface area contributed by atoms with Gasteiger partial charge in [-0.05, 0) is 81.8 Å². The van der Waals surface area contributed by atoms with Gasteiger partial charge >= 0.3 is 6.09 Å². The second kappa shape index (κ2) is 9.11. The first-order valence-electron chi connectivity index (χ1n) is 10.4. The number of carbonyl (C=O) groups excluding carboxylic acids is 1. The lowest BCUT2D eigenvalue weighted by atomic mass is 9.95. The van der Waals surface area contributed by atoms with Crippen molar-refractivity contribution in [2.24, 2.45) is 0 Å². The number of carbonyl (C=O) groups is 1. The summed E-state index contributed by atoms with van der Waals surface area (Å²) in [6.07, 6.45) is 1.75. The molecule has 0 spiro atoms. The monoisotopic (exact) mass is 440 g/mol. The summed E-state index contributed by atoms with van der Waals surface area (Å²) in [7, 11) is -3.44. The van der Waals surface area contributed by atoms with Gasteiger partial charge in [0.05, 0.1) is 21.8 Å². The van der Waals surface area contributed by atoms with Crippen molar-refractivity contribution in [2.75, 3.05) is 0 Å². The fourth-order valence-electron chi connectivity index (χ4n) is 3.76. The minimum absolute atomic E-state index is 0.0694. The van der Waals surface area contributed by atoms with E-state index in [4.69, 9.17) is 10.00 Å². The maximum Gasteiger partial charge on any atom is 0.407 e. The zero-order valence-electron chi connectivity index (χ0n) is 18.1. The van der Waals surface area contributed by atoms with Crippen LogP contribution in [-0.4, -0.2) is 31.4 Å². The number of rotatable bonds is 4. The van der Waals surface area contributed by atoms with Gasteiger partial charge in [0.15, 0.2) is 9.84 Å². The zero-order chi connectivity index (χ0) is 22.6. The van der Waals surface area contributed by atoms with Crippen LogP contribution in [0.1, 0.15) is 52.0 Å². The Labute approximate surface area is 184 Å². The van der Waals surface area contributed by atoms with E-state index in [9.17, 15) is 13.2 Å². The van der Waals surface area contributed by atoms with Crippen LogP contribution in [0, 0.1) is 11.3 Å². The highest BCUT2D eigenvalue weighted by Gasteiger charge is 2.33. The van der Waals surface area contributed by atoms with Crippen LogP contribution in [0.3, 0.4) is 0 Å². The third-order valence-electron chi connectivity index (χ3n) is 5.36. The number of amides is 1. The van der Waals surface area contributed by atoms with E-state index in [1.54, 1.807) is 36.4 Å². The molecule has 2 aromatic carbocycles. The number of benzene rings is 2. The first kappa shape index (κ1) is 22.8. The molecule has 0 aromatic heterocycles. The van der Waals surface area contributed by atoms with Gasteiger partial charge in [0, 0.05) is 6.04 Å². The largest absolute Gasteiger partial charge is 0.444 e. The first-order chi connectivity index (χ1) is 14.6. The van der Waals surface area contributed by atoms with E-state index in [2.05, 4.69) is 11.4 Å². The van der Waals surface area contributed by atoms with Crippen molar-refractivity contribution >= 4 is 15.9 Å². The molecule has 164 valence electrons. The Hall–Kier alpha value is -2.85. The lowest BCUT2D eigenvalue weighted by Gasteiger charge is -2.30. The van der Waals surface area contributed by atoms with Crippen LogP contribution in [0.15, 0.2) is 53.4 Å². The number of hydrogen-bond acceptors (Lipinski definition) is 5. The highest BCUT2D eigenvalue weighted by Crippen LogP contribution is 2.30. The summed E-state index contributed by atoms with van der Waals surface area (Å²) in [5.41, 5.74) is 1.85. The standard InChI is InChI=1S/C24H28N2O4S/c1-24(2,3)30-23(27)26-20-10-14-22(15-11-20)31(28,29)21-12-8-19(9-13-21)18-6-4-17(16-25)5-7-18/h4-9,12-13,20,22H,10-11,14-15H2,1-3H3,(H,26,27). The minimum atomic E-state index is -3.44. The van der Waals surface area contributed by atoms with Gasteiger partial charge in [0.25, 0.3) is 0 Å². The molecule has 1 amide bonds. The topological polar surface area (TPSA) is 96.3 Å². The SMILES string of the molecule is CC(C)(C)OC(=O)NC1CCC(S(=O)(=O)c2ccc(-c3ccc(C#N)cc3)cc2)CC1. The molecule has 0 bridgehead atoms. The van der Waals surface area contributed by atoms with E-state index < -0.39 is 26.8 Å². The van der Waals surface area contributed by atoms with Gasteiger partial charge < -0.3 is 10.1 Å². The molecule has 0 unspecified atom stereocenters. The second-order valence-corrected chi connectivity index (χ2v) is 11.1. The average Bonchev–Trinajstić information content (AvgIpc) is 2.73. The summed E-state index contributed by atoms with van der Waals surface area (Å²) in [5, 5.41) is 11.3. The fraction of sp³-hybridized carbons (Fsp3) is 0.417. The molecule has 0 atom stereocenters. The zero-order valence-corrected chi connectivity index (χ0v) is 18.9. The van der Waals surface area contributed by atoms with Gasteiger partial charge in [0.1, 0.15) is 5.60 Å². The van der Waals surface area contributed by atoms with Gasteiger partial charge in [-0.15, -0.1) is 0 Å². The van der Waals surface area contributed by atoms with E-state index in [1.165, 1.54) is 0 Å². The average molecular weight is 441 g/mol. The molecule has 0 saturated heterocycles. The Kier molecular flexibility index (Phi) is 6.71. The number of sulfone groups is 1. The lowest BCUT2D eigenvalue weighted by molar-refractivity contribution is 0.0493. The number of nitrogens with one attached hydrogen (secondary N) is 1. The quantitative estimate of drug-likeness (QED) is 0.734. The minimum Gasteiger partial charge on any atom is -0.444 e. The van der Waals surface area contributed by atoms with E-state index >= 15 is 0 Å². The summed E-state index contributed by atoms with van der Waals surface area (Å²) in [6.45, 7) is 5.42. The van der Waals surface area contributed by atoms with Crippen LogP contribution in [-0.2, 0) is 14.6 Å². The number of nitrogens with zero attached hydrogens (tertiary/aromatic N) is 1. The Morgan fingerprint density at radius 1 is 0.968 bits per heavy atom. The Balaban J connectivity index is 1.62. The maximum atomic E-state index is 13.1. The third-order valence-corrected chi connectivity index (χ3v) is 7.64. The van der Waals surface area contributed by atoms with Crippen LogP contribution in [0.25, 0.3) is 11.1 Å². The van der Waals surface area contributed by atoms with Gasteiger partial charge in [-0.2, -0.15) is 5.26 Å². The normalized spacial score (nSPS) is 19.3. The fourth-order valence-corrected chi connectivity index (χ4v) is 5.55. The maximum absolute atomic E-state index is 13.1. The summed E-state index contributed by atoms with van der Waals surface area (Å²) < 4.78 is 31.5. The summed E-state index contributed by atoms with van der Waals surface area (Å²) >= 11 is 0. The highest BCUT2D eigenvalue weighted by atomic mass is 32.2. The van der Waals surface area contributed by atoms with Crippen molar-refractivity contribution in [2.45, 2.75) is 68.2 Å². The van der Waals surface area contributed by atoms with Crippen LogP contribution in [0.2, 0.25) is 0 Å². The molecular formula is C24H28N2O4S. The van der Waals surface area contributed by atoms with Crippen LogP contribution in [0.5, 0.6) is 0 Å². The molecule has 6 nitrogen and oxygen atoms in total. The summed E-state index contributed by atoms with van der Waals surface area (Å²) in [6, 6.07) is 16.1. The van der Waals surface area contributed by atoms with Crippen molar-refractivity contribution in [3.8, 4) is 17.2 Å². The predicted molar refractivity (Wildman–Crippen MR) is 119 cm³/mol. The lowest BCUT2D eigenvalue weighted by Crippen LogP contribution is -2.42. The first-order valence-corrected chi connectivity index (χ1v) is 12.0. The van der Waals surface area contributed by atoms with Gasteiger partial charge in [-0.25, -0.2) is 13.2 Å². The van der Waals surface area contributed by atoms with Gasteiger partial charge in [0.2, 0.25) is 0 Å². The summed E-state index contributed by atoms with van der Waals surface area (Å²) in [4.78, 5) is 12.3. The molecule has 0 aliphatic heterocycles. The molecule has 1 saturated carbocycles. The molecule has 3 rings (SSSR count). The molecule has 31 heavy (non-hydrogen) atoms. The molecular weight excluding hydrogens is 412 g/mol.